The molecule has 9 aromatic heterocycles. The van der Waals surface area contributed by atoms with E-state index in [0.29, 0.717) is 0 Å². The monoisotopic (exact) mass is 1570 g/mol. The number of nitrogens with zero attached hydrogens (tertiary/aromatic N) is 14. The first-order chi connectivity index (χ1) is 53.2. The Bertz CT molecular complexity index is 3430. The fourth-order valence-corrected chi connectivity index (χ4v) is 8.07. The molecule has 0 radical (unpaired) electrons. The van der Waals surface area contributed by atoms with Crippen LogP contribution in [-0.2, 0) is 37.9 Å². The summed E-state index contributed by atoms with van der Waals surface area (Å²) < 4.78 is 0. The number of hydrogen-bond acceptors (Lipinski definition) is 14. The first-order valence-electron chi connectivity index (χ1n) is 43.2. The lowest BCUT2D eigenvalue weighted by atomic mass is 9.88. The van der Waals surface area contributed by atoms with Gasteiger partial charge < -0.3 is 9.97 Å². The summed E-state index contributed by atoms with van der Waals surface area (Å²) in [4.78, 5) is 66.5. The fourth-order valence-electron chi connectivity index (χ4n) is 8.07. The van der Waals surface area contributed by atoms with Crippen LogP contribution in [0.25, 0.3) is 33.4 Å². The van der Waals surface area contributed by atoms with Crippen molar-refractivity contribution >= 4 is 33.4 Å². The molecule has 0 saturated heterocycles. The lowest BCUT2D eigenvalue weighted by molar-refractivity contribution is 0.545. The quantitative estimate of drug-likeness (QED) is 0.145. The van der Waals surface area contributed by atoms with Crippen LogP contribution in [0.5, 0.6) is 0 Å². The number of aryl methyl sites for hydroxylation is 5. The number of para-hydroxylation sites is 2. The van der Waals surface area contributed by atoms with E-state index in [-0.39, 0.29) is 37.9 Å². The summed E-state index contributed by atoms with van der Waals surface area (Å²) in [5.74, 6) is 4.29. The van der Waals surface area contributed by atoms with Crippen LogP contribution in [0.1, 0.15) is 408 Å². The molecular weight excluding hydrogens is 1390 g/mol. The summed E-state index contributed by atoms with van der Waals surface area (Å²) in [5.41, 5.74) is 13.8. The molecule has 113 heavy (non-hydrogen) atoms. The molecule has 0 unspecified atom stereocenters. The Labute approximate surface area is 700 Å². The Kier molecular flexibility index (Phi) is 84.5. The highest BCUT2D eigenvalue weighted by Gasteiger charge is 2.24. The van der Waals surface area contributed by atoms with Crippen LogP contribution in [0.15, 0.2) is 110 Å². The van der Waals surface area contributed by atoms with E-state index in [1.54, 1.807) is 24.9 Å². The number of hydrogen-bond donors (Lipinski definition) is 2. The number of pyridine rings is 2. The summed E-state index contributed by atoms with van der Waals surface area (Å²) in [6, 6.07) is 21.9. The van der Waals surface area contributed by atoms with Crippen molar-refractivity contribution in [3.8, 4) is 0 Å². The van der Waals surface area contributed by atoms with Crippen LogP contribution in [0, 0.1) is 34.6 Å². The molecule has 0 aliphatic rings. The van der Waals surface area contributed by atoms with Crippen molar-refractivity contribution in [2.75, 3.05) is 0 Å². The maximum Gasteiger partial charge on any atom is 0.181 e. The maximum atomic E-state index is 4.68. The zero-order valence-corrected chi connectivity index (χ0v) is 84.2. The number of aromatic amines is 2. The summed E-state index contributed by atoms with van der Waals surface area (Å²) in [5, 5.41) is 0. The van der Waals surface area contributed by atoms with E-state index in [9.17, 15) is 0 Å². The highest BCUT2D eigenvalue weighted by atomic mass is 15.1. The molecule has 10 rings (SSSR count). The largest absolute Gasteiger partial charge is 0.339 e. The SMILES string of the molecule is CC.CC.CC.CC.CC.CC.CC.CC.CC.CC.CC.CC.CC.CC.CC(C)(C)c1ccccn1.CC(C)(C)c1ccncc1.CC(C)(C)c1ccncn1.CC(C)(C)c1ncccn1.Cc1nc(C(C)(C)C)c2[nH]c(C)nc2n1.Cc1nc(C)c2[nH]c(C(C)(C)C)nc2n1.Cc1nc2ccccc2nc1C(C)(C)C. The van der Waals surface area contributed by atoms with Crippen LogP contribution in [-0.4, -0.2) is 79.7 Å². The van der Waals surface area contributed by atoms with Crippen LogP contribution in [0.2, 0.25) is 0 Å². The van der Waals surface area contributed by atoms with Crippen molar-refractivity contribution in [1.29, 1.82) is 0 Å². The Balaban J connectivity index is -0.000000114. The number of imidazole rings is 2. The number of rotatable bonds is 0. The second-order valence-corrected chi connectivity index (χ2v) is 28.3. The fraction of sp³-hybridized carbons (Fsp3) is 0.629. The Morgan fingerprint density at radius 3 is 0.965 bits per heavy atom. The third-order valence-corrected chi connectivity index (χ3v) is 12.7. The van der Waals surface area contributed by atoms with Gasteiger partial charge >= 0.3 is 0 Å². The Morgan fingerprint density at radius 1 is 0.257 bits per heavy atom. The van der Waals surface area contributed by atoms with Crippen molar-refractivity contribution in [2.45, 2.75) is 412 Å². The van der Waals surface area contributed by atoms with Crippen molar-refractivity contribution in [3.05, 3.63) is 179 Å². The second-order valence-electron chi connectivity index (χ2n) is 28.3. The van der Waals surface area contributed by atoms with E-state index >= 15 is 0 Å². The van der Waals surface area contributed by atoms with Crippen LogP contribution in [0.4, 0.5) is 0 Å². The molecule has 9 heterocycles. The maximum absolute atomic E-state index is 4.68. The third kappa shape index (κ3) is 57.8. The minimum Gasteiger partial charge on any atom is -0.339 e. The summed E-state index contributed by atoms with van der Waals surface area (Å²) in [6.45, 7) is 111. The van der Waals surface area contributed by atoms with Gasteiger partial charge in [-0.2, -0.15) is 0 Å². The smallest absolute Gasteiger partial charge is 0.181 e. The minimum atomic E-state index is 0.00488. The van der Waals surface area contributed by atoms with E-state index in [2.05, 4.69) is 243 Å². The highest BCUT2D eigenvalue weighted by molar-refractivity contribution is 5.75. The van der Waals surface area contributed by atoms with Gasteiger partial charge in [0.15, 0.2) is 11.3 Å². The molecule has 0 fully saturated rings. The van der Waals surface area contributed by atoms with Gasteiger partial charge in [-0.3, -0.25) is 9.97 Å². The molecule has 0 spiro atoms. The number of H-pyrrole nitrogens is 2. The lowest BCUT2D eigenvalue weighted by Crippen LogP contribution is -2.16. The van der Waals surface area contributed by atoms with Crippen LogP contribution >= 0.6 is 0 Å². The average Bonchev–Trinajstić information content (AvgIpc) is 1.01. The van der Waals surface area contributed by atoms with Gasteiger partial charge in [-0.15, -0.1) is 0 Å². The van der Waals surface area contributed by atoms with Gasteiger partial charge in [0.25, 0.3) is 0 Å². The molecule has 0 saturated carbocycles. The van der Waals surface area contributed by atoms with Crippen LogP contribution < -0.4 is 0 Å². The molecule has 650 valence electrons. The summed E-state index contributed by atoms with van der Waals surface area (Å²) in [7, 11) is 0. The van der Waals surface area contributed by atoms with E-state index in [4.69, 9.17) is 0 Å². The lowest BCUT2D eigenvalue weighted by Gasteiger charge is -2.19. The van der Waals surface area contributed by atoms with E-state index < -0.39 is 0 Å². The van der Waals surface area contributed by atoms with Crippen molar-refractivity contribution in [3.63, 3.8) is 0 Å². The normalized spacial score (nSPS) is 9.68. The Hall–Kier alpha value is -7.88. The zero-order valence-electron chi connectivity index (χ0n) is 84.2. The molecular formula is C97H182N16. The number of aromatic nitrogens is 16. The van der Waals surface area contributed by atoms with Crippen molar-refractivity contribution in [1.82, 2.24) is 79.7 Å². The summed E-state index contributed by atoms with van der Waals surface area (Å²) in [6.07, 6.45) is 12.4. The molecule has 2 N–H and O–H groups in total. The van der Waals surface area contributed by atoms with Gasteiger partial charge in [0.2, 0.25) is 0 Å². The zero-order chi connectivity index (χ0) is 91.9. The third-order valence-electron chi connectivity index (χ3n) is 12.7. The first-order valence-corrected chi connectivity index (χ1v) is 43.2. The number of nitrogens with one attached hydrogen (secondary N) is 2. The number of benzene rings is 1. The van der Waals surface area contributed by atoms with Crippen molar-refractivity contribution in [2.24, 2.45) is 0 Å². The minimum absolute atomic E-state index is 0.00488. The predicted octanol–water partition coefficient (Wildman–Crippen LogP) is 30.4. The van der Waals surface area contributed by atoms with Gasteiger partial charge in [0.05, 0.1) is 33.8 Å². The second kappa shape index (κ2) is 74.2. The average molecular weight is 1570 g/mol. The molecule has 1 aromatic carbocycles. The standard InChI is InChI=1S/C13H16N2.2C11H16N4.2C9H13N.2C8H12N2.14C2H6/c1-9-12(13(2,3)4)15-11-8-6-5-7-10(11)14-9;1-6-12-8-9(11(3,4)5)13-7(2)15-10(8)14-6;1-6-8-9(13-7(2)12-6)15-10(14-8)11(3,4)5;1-9(2,3)8-4-6-10-7-5-8;1-9(2,3)8-6-4-5-7-10-8;1-8(2,3)7-4-5-9-6-10-7;1-8(2,3)7-9-5-4-6-10-7;14*1-2/h5-8H,1-4H3;2*1-5H3,(H,12,13,14,15);2*4-7H,1-3H3;2*4-6H,1-3H3;14*1-2H3. The van der Waals surface area contributed by atoms with Gasteiger partial charge in [0.1, 0.15) is 46.5 Å². The molecule has 0 atom stereocenters. The van der Waals surface area contributed by atoms with Gasteiger partial charge in [-0.25, -0.2) is 59.8 Å². The Morgan fingerprint density at radius 2 is 0.637 bits per heavy atom. The topological polar surface area (TPSA) is 212 Å². The molecule has 16 nitrogen and oxygen atoms in total. The molecule has 0 bridgehead atoms. The molecule has 0 aliphatic carbocycles. The molecule has 16 heteroatoms. The highest BCUT2D eigenvalue weighted by Crippen LogP contribution is 2.28. The molecule has 0 amide bonds. The van der Waals surface area contributed by atoms with Crippen LogP contribution in [0.3, 0.4) is 0 Å². The molecule has 10 aromatic rings. The van der Waals surface area contributed by atoms with Gasteiger partial charge in [-0.1, -0.05) is 357 Å². The number of fused-ring (bicyclic) bond motifs is 3. The van der Waals surface area contributed by atoms with Gasteiger partial charge in [0, 0.05) is 81.1 Å². The summed E-state index contributed by atoms with van der Waals surface area (Å²) >= 11 is 0. The van der Waals surface area contributed by atoms with E-state index in [1.807, 2.05) is 296 Å². The predicted molar refractivity (Wildman–Crippen MR) is 509 cm³/mol. The first kappa shape index (κ1) is 129. The van der Waals surface area contributed by atoms with Gasteiger partial charge in [-0.05, 0) is 94.1 Å². The molecule has 0 aliphatic heterocycles. The van der Waals surface area contributed by atoms with Crippen molar-refractivity contribution < 1.29 is 0 Å². The van der Waals surface area contributed by atoms with E-state index in [1.165, 1.54) is 5.56 Å². The van der Waals surface area contributed by atoms with E-state index in [0.717, 1.165) is 96.6 Å².